The molecule has 0 saturated carbocycles. The van der Waals surface area contributed by atoms with Crippen molar-refractivity contribution < 1.29 is 0 Å². The molecule has 2 aromatic rings. The molecular formula is C17H19BrClN. The Labute approximate surface area is 134 Å². The minimum atomic E-state index is 0.541. The van der Waals surface area contributed by atoms with Crippen LogP contribution in [0.25, 0.3) is 0 Å². The van der Waals surface area contributed by atoms with Crippen LogP contribution >= 0.6 is 27.5 Å². The Kier molecular flexibility index (Phi) is 5.93. The van der Waals surface area contributed by atoms with Gasteiger partial charge in [-0.05, 0) is 52.2 Å². The van der Waals surface area contributed by atoms with Gasteiger partial charge in [0.1, 0.15) is 0 Å². The summed E-state index contributed by atoms with van der Waals surface area (Å²) in [5, 5.41) is 0. The van der Waals surface area contributed by atoms with Crippen LogP contribution < -0.4 is 4.90 Å². The van der Waals surface area contributed by atoms with Gasteiger partial charge in [0.15, 0.2) is 0 Å². The maximum atomic E-state index is 5.90. The van der Waals surface area contributed by atoms with E-state index < -0.39 is 0 Å². The van der Waals surface area contributed by atoms with Crippen LogP contribution in [-0.4, -0.2) is 6.54 Å². The molecule has 0 atom stereocenters. The van der Waals surface area contributed by atoms with Crippen molar-refractivity contribution in [2.24, 2.45) is 0 Å². The third-order valence-electron chi connectivity index (χ3n) is 3.26. The van der Waals surface area contributed by atoms with Crippen molar-refractivity contribution >= 4 is 38.9 Å². The zero-order valence-corrected chi connectivity index (χ0v) is 14.0. The third-order valence-corrected chi connectivity index (χ3v) is 4.20. The van der Waals surface area contributed by atoms with Crippen molar-refractivity contribution in [3.8, 4) is 0 Å². The van der Waals surface area contributed by atoms with Gasteiger partial charge in [0.05, 0.1) is 5.69 Å². The molecule has 1 nitrogen and oxygen atoms in total. The fourth-order valence-electron chi connectivity index (χ4n) is 2.17. The van der Waals surface area contributed by atoms with Gasteiger partial charge in [-0.25, -0.2) is 0 Å². The number of alkyl halides is 1. The number of hydrogen-bond donors (Lipinski definition) is 0. The number of benzene rings is 2. The van der Waals surface area contributed by atoms with Crippen LogP contribution in [0.15, 0.2) is 53.0 Å². The minimum absolute atomic E-state index is 0.541. The number of hydrogen-bond acceptors (Lipinski definition) is 1. The van der Waals surface area contributed by atoms with Gasteiger partial charge >= 0.3 is 0 Å². The van der Waals surface area contributed by atoms with Gasteiger partial charge < -0.3 is 4.90 Å². The van der Waals surface area contributed by atoms with Gasteiger partial charge in [-0.15, -0.1) is 11.6 Å². The summed E-state index contributed by atoms with van der Waals surface area (Å²) in [7, 11) is 0. The summed E-state index contributed by atoms with van der Waals surface area (Å²) in [5.74, 6) is 0.541. The lowest BCUT2D eigenvalue weighted by Crippen LogP contribution is -2.18. The van der Waals surface area contributed by atoms with Crippen molar-refractivity contribution in [1.29, 1.82) is 0 Å². The quantitative estimate of drug-likeness (QED) is 0.565. The van der Waals surface area contributed by atoms with E-state index in [0.29, 0.717) is 5.88 Å². The Morgan fingerprint density at radius 2 is 1.85 bits per heavy atom. The summed E-state index contributed by atoms with van der Waals surface area (Å²) in [6.07, 6.45) is 2.35. The van der Waals surface area contributed by atoms with Crippen LogP contribution in [0.2, 0.25) is 0 Å². The first-order valence-corrected chi connectivity index (χ1v) is 8.26. The minimum Gasteiger partial charge on any atom is -0.341 e. The molecule has 106 valence electrons. The van der Waals surface area contributed by atoms with Gasteiger partial charge in [-0.3, -0.25) is 0 Å². The molecule has 0 spiro atoms. The molecule has 0 N–H and O–H groups in total. The maximum Gasteiger partial charge on any atom is 0.0555 e. The first-order valence-electron chi connectivity index (χ1n) is 6.93. The molecule has 0 aliphatic heterocycles. The number of para-hydroxylation sites is 1. The molecule has 0 radical (unpaired) electrons. The highest BCUT2D eigenvalue weighted by atomic mass is 79.9. The fourth-order valence-corrected chi connectivity index (χ4v) is 2.97. The summed E-state index contributed by atoms with van der Waals surface area (Å²) in [6.45, 7) is 3.23. The average molecular weight is 353 g/mol. The topological polar surface area (TPSA) is 3.24 Å². The lowest BCUT2D eigenvalue weighted by molar-refractivity contribution is 0.785. The first-order chi connectivity index (χ1) is 9.76. The van der Waals surface area contributed by atoms with E-state index in [9.17, 15) is 0 Å². The second-order valence-corrected chi connectivity index (χ2v) is 5.88. The summed E-state index contributed by atoms with van der Waals surface area (Å²) in [6, 6.07) is 16.8. The Morgan fingerprint density at radius 3 is 2.45 bits per heavy atom. The van der Waals surface area contributed by atoms with E-state index in [2.05, 4.69) is 70.2 Å². The fraction of sp³-hybridized carbons (Fsp3) is 0.294. The van der Waals surface area contributed by atoms with E-state index in [1.807, 2.05) is 6.07 Å². The van der Waals surface area contributed by atoms with Gasteiger partial charge in [-0.1, -0.05) is 37.6 Å². The molecule has 0 aliphatic carbocycles. The zero-order chi connectivity index (χ0) is 14.4. The molecule has 2 rings (SSSR count). The largest absolute Gasteiger partial charge is 0.341 e. The smallest absolute Gasteiger partial charge is 0.0555 e. The summed E-state index contributed by atoms with van der Waals surface area (Å²) >= 11 is 9.57. The van der Waals surface area contributed by atoms with Gasteiger partial charge in [-0.2, -0.15) is 0 Å². The number of halogens is 2. The van der Waals surface area contributed by atoms with Gasteiger partial charge in [0, 0.05) is 22.6 Å². The van der Waals surface area contributed by atoms with Crippen LogP contribution in [0.5, 0.6) is 0 Å². The lowest BCUT2D eigenvalue weighted by Gasteiger charge is -2.26. The van der Waals surface area contributed by atoms with Gasteiger partial charge in [0.25, 0.3) is 0 Å². The van der Waals surface area contributed by atoms with E-state index in [0.717, 1.165) is 16.6 Å². The summed E-state index contributed by atoms with van der Waals surface area (Å²) in [4.78, 5) is 2.35. The molecule has 0 saturated heterocycles. The highest BCUT2D eigenvalue weighted by Gasteiger charge is 2.12. The van der Waals surface area contributed by atoms with Crippen LogP contribution in [0.4, 0.5) is 11.4 Å². The lowest BCUT2D eigenvalue weighted by atomic mass is 10.1. The van der Waals surface area contributed by atoms with E-state index in [-0.39, 0.29) is 0 Å². The molecule has 0 fully saturated rings. The Morgan fingerprint density at radius 1 is 1.10 bits per heavy atom. The normalized spacial score (nSPS) is 10.6. The number of nitrogens with zero attached hydrogens (tertiary/aromatic N) is 1. The predicted molar refractivity (Wildman–Crippen MR) is 92.1 cm³/mol. The molecule has 20 heavy (non-hydrogen) atoms. The third kappa shape index (κ3) is 3.77. The van der Waals surface area contributed by atoms with Crippen molar-refractivity contribution in [1.82, 2.24) is 0 Å². The van der Waals surface area contributed by atoms with Crippen LogP contribution in [0.1, 0.15) is 25.3 Å². The Hall–Kier alpha value is -0.990. The second kappa shape index (κ2) is 7.70. The van der Waals surface area contributed by atoms with Crippen LogP contribution in [-0.2, 0) is 5.88 Å². The Balaban J connectivity index is 2.36. The van der Waals surface area contributed by atoms with Crippen LogP contribution in [0.3, 0.4) is 0 Å². The molecule has 0 heterocycles. The second-order valence-electron chi connectivity index (χ2n) is 4.76. The van der Waals surface area contributed by atoms with Crippen molar-refractivity contribution in [3.05, 3.63) is 58.6 Å². The predicted octanol–water partition coefficient (Wildman–Crippen LogP) is 6.13. The molecule has 2 aromatic carbocycles. The van der Waals surface area contributed by atoms with E-state index >= 15 is 0 Å². The average Bonchev–Trinajstić information content (AvgIpc) is 2.50. The summed E-state index contributed by atoms with van der Waals surface area (Å²) < 4.78 is 1.09. The van der Waals surface area contributed by atoms with Crippen molar-refractivity contribution in [3.63, 3.8) is 0 Å². The molecule has 0 amide bonds. The van der Waals surface area contributed by atoms with Crippen LogP contribution in [0, 0.1) is 0 Å². The van der Waals surface area contributed by atoms with E-state index in [1.54, 1.807) is 0 Å². The van der Waals surface area contributed by atoms with Crippen molar-refractivity contribution in [2.45, 2.75) is 25.6 Å². The van der Waals surface area contributed by atoms with E-state index in [4.69, 9.17) is 11.6 Å². The van der Waals surface area contributed by atoms with Gasteiger partial charge in [0.2, 0.25) is 0 Å². The standard InChI is InChI=1S/C17H19BrClN/c1-2-3-11-20(15-7-5-4-6-8-15)17-10-9-14(13-19)12-16(17)18/h4-10,12H,2-3,11,13H2,1H3. The van der Waals surface area contributed by atoms with E-state index in [1.165, 1.54) is 24.2 Å². The SMILES string of the molecule is CCCCN(c1ccccc1)c1ccc(CCl)cc1Br. The molecule has 0 unspecified atom stereocenters. The van der Waals surface area contributed by atoms with Crippen molar-refractivity contribution in [2.75, 3.05) is 11.4 Å². The molecule has 3 heteroatoms. The Bertz CT molecular complexity index is 542. The molecule has 0 aromatic heterocycles. The zero-order valence-electron chi connectivity index (χ0n) is 11.7. The molecule has 0 aliphatic rings. The molecule has 0 bridgehead atoms. The highest BCUT2D eigenvalue weighted by molar-refractivity contribution is 9.10. The number of anilines is 2. The first kappa shape index (κ1) is 15.4. The molecular weight excluding hydrogens is 334 g/mol. The number of unbranched alkanes of at least 4 members (excludes halogenated alkanes) is 1. The highest BCUT2D eigenvalue weighted by Crippen LogP contribution is 2.33. The monoisotopic (exact) mass is 351 g/mol. The number of rotatable bonds is 6. The maximum absolute atomic E-state index is 5.90. The summed E-state index contributed by atoms with van der Waals surface area (Å²) in [5.41, 5.74) is 3.55.